The highest BCUT2D eigenvalue weighted by atomic mass is 16.5. The van der Waals surface area contributed by atoms with Crippen molar-refractivity contribution in [3.8, 4) is 0 Å². The minimum Gasteiger partial charge on any atom is -0.378 e. The fraction of sp³-hybridized carbons (Fsp3) is 0.588. The standard InChI is InChI=1S/C17H23N5O3/c23-17(15-12-16(19-25-15)20-8-10-24-11-9-20)21-6-2-14(3-7-21)13-22-5-1-4-18-22/h1,4-5,12,14H,2-3,6-11,13H2. The van der Waals surface area contributed by atoms with E-state index in [2.05, 4.69) is 15.2 Å². The summed E-state index contributed by atoms with van der Waals surface area (Å²) in [7, 11) is 0. The van der Waals surface area contributed by atoms with Crippen molar-refractivity contribution in [3.63, 3.8) is 0 Å². The van der Waals surface area contributed by atoms with Gasteiger partial charge in [0.25, 0.3) is 5.91 Å². The Labute approximate surface area is 146 Å². The zero-order valence-corrected chi connectivity index (χ0v) is 14.2. The van der Waals surface area contributed by atoms with Gasteiger partial charge >= 0.3 is 0 Å². The molecule has 2 aromatic heterocycles. The van der Waals surface area contributed by atoms with Crippen LogP contribution in [0.4, 0.5) is 5.82 Å². The molecule has 2 aliphatic heterocycles. The van der Waals surface area contributed by atoms with Crippen LogP contribution in [0.15, 0.2) is 29.0 Å². The molecule has 2 fully saturated rings. The molecule has 0 bridgehead atoms. The number of amides is 1. The Morgan fingerprint density at radius 2 is 2.00 bits per heavy atom. The summed E-state index contributed by atoms with van der Waals surface area (Å²) >= 11 is 0. The lowest BCUT2D eigenvalue weighted by molar-refractivity contribution is 0.0639. The Hall–Kier alpha value is -2.35. The van der Waals surface area contributed by atoms with Gasteiger partial charge in [0.2, 0.25) is 5.76 Å². The first-order valence-corrected chi connectivity index (χ1v) is 8.86. The number of piperidine rings is 1. The third-order valence-electron chi connectivity index (χ3n) is 4.95. The molecule has 0 spiro atoms. The number of likely N-dealkylation sites (tertiary alicyclic amines) is 1. The second kappa shape index (κ2) is 7.26. The predicted molar refractivity (Wildman–Crippen MR) is 90.4 cm³/mol. The number of hydrogen-bond donors (Lipinski definition) is 0. The number of nitrogens with zero attached hydrogens (tertiary/aromatic N) is 5. The fourth-order valence-electron chi connectivity index (χ4n) is 3.46. The van der Waals surface area contributed by atoms with Gasteiger partial charge in [0.05, 0.1) is 13.2 Å². The lowest BCUT2D eigenvalue weighted by Crippen LogP contribution is -2.39. The van der Waals surface area contributed by atoms with Crippen LogP contribution >= 0.6 is 0 Å². The van der Waals surface area contributed by atoms with Gasteiger partial charge < -0.3 is 19.1 Å². The van der Waals surface area contributed by atoms with Crippen molar-refractivity contribution in [2.24, 2.45) is 5.92 Å². The highest BCUT2D eigenvalue weighted by Gasteiger charge is 2.27. The van der Waals surface area contributed by atoms with Crippen LogP contribution in [0, 0.1) is 5.92 Å². The van der Waals surface area contributed by atoms with Crippen LogP contribution in [-0.4, -0.2) is 65.1 Å². The number of carbonyl (C=O) groups is 1. The SMILES string of the molecule is O=C(c1cc(N2CCOCC2)no1)N1CCC(Cn2cccn2)CC1. The summed E-state index contributed by atoms with van der Waals surface area (Å²) < 4.78 is 12.6. The van der Waals surface area contributed by atoms with Gasteiger partial charge in [-0.2, -0.15) is 5.10 Å². The molecule has 0 aromatic carbocycles. The molecule has 0 saturated carbocycles. The fourth-order valence-corrected chi connectivity index (χ4v) is 3.46. The van der Waals surface area contributed by atoms with E-state index in [1.54, 1.807) is 12.3 Å². The van der Waals surface area contributed by atoms with Crippen LogP contribution in [0.3, 0.4) is 0 Å². The van der Waals surface area contributed by atoms with E-state index in [9.17, 15) is 4.79 Å². The maximum atomic E-state index is 12.7. The van der Waals surface area contributed by atoms with Crippen LogP contribution in [0.2, 0.25) is 0 Å². The van der Waals surface area contributed by atoms with Crippen molar-refractivity contribution in [2.75, 3.05) is 44.3 Å². The maximum absolute atomic E-state index is 12.7. The maximum Gasteiger partial charge on any atom is 0.292 e. The number of anilines is 1. The average molecular weight is 345 g/mol. The van der Waals surface area contributed by atoms with E-state index in [4.69, 9.17) is 9.26 Å². The lowest BCUT2D eigenvalue weighted by Gasteiger charge is -2.31. The van der Waals surface area contributed by atoms with Crippen LogP contribution in [0.25, 0.3) is 0 Å². The number of aromatic nitrogens is 3. The van der Waals surface area contributed by atoms with Crippen molar-refractivity contribution in [1.82, 2.24) is 19.8 Å². The summed E-state index contributed by atoms with van der Waals surface area (Å²) in [5, 5.41) is 8.32. The van der Waals surface area contributed by atoms with Crippen molar-refractivity contribution in [2.45, 2.75) is 19.4 Å². The molecule has 0 unspecified atom stereocenters. The van der Waals surface area contributed by atoms with E-state index < -0.39 is 0 Å². The van der Waals surface area contributed by atoms with Gasteiger partial charge in [0.15, 0.2) is 5.82 Å². The van der Waals surface area contributed by atoms with E-state index in [0.717, 1.165) is 51.4 Å². The zero-order chi connectivity index (χ0) is 17.1. The number of morpholine rings is 1. The normalized spacial score (nSPS) is 19.4. The molecule has 8 heteroatoms. The van der Waals surface area contributed by atoms with E-state index in [1.165, 1.54) is 0 Å². The zero-order valence-electron chi connectivity index (χ0n) is 14.2. The Morgan fingerprint density at radius 3 is 2.72 bits per heavy atom. The second-order valence-electron chi connectivity index (χ2n) is 6.61. The smallest absolute Gasteiger partial charge is 0.292 e. The van der Waals surface area contributed by atoms with Crippen LogP contribution < -0.4 is 4.90 Å². The van der Waals surface area contributed by atoms with Gasteiger partial charge in [0.1, 0.15) is 0 Å². The number of hydrogen-bond acceptors (Lipinski definition) is 6. The monoisotopic (exact) mass is 345 g/mol. The molecule has 2 aromatic rings. The summed E-state index contributed by atoms with van der Waals surface area (Å²) in [6, 6.07) is 3.69. The van der Waals surface area contributed by atoms with E-state index in [0.29, 0.717) is 24.9 Å². The number of carbonyl (C=O) groups excluding carboxylic acids is 1. The largest absolute Gasteiger partial charge is 0.378 e. The highest BCUT2D eigenvalue weighted by molar-refractivity contribution is 5.92. The topological polar surface area (TPSA) is 76.6 Å². The van der Waals surface area contributed by atoms with Crippen LogP contribution in [0.5, 0.6) is 0 Å². The summed E-state index contributed by atoms with van der Waals surface area (Å²) in [4.78, 5) is 16.6. The Morgan fingerprint density at radius 1 is 1.20 bits per heavy atom. The van der Waals surface area contributed by atoms with Gasteiger partial charge in [-0.1, -0.05) is 5.16 Å². The Balaban J connectivity index is 1.32. The van der Waals surface area contributed by atoms with Crippen molar-refractivity contribution >= 4 is 11.7 Å². The first kappa shape index (κ1) is 16.1. The van der Waals surface area contributed by atoms with Crippen LogP contribution in [-0.2, 0) is 11.3 Å². The first-order chi connectivity index (χ1) is 12.3. The molecule has 2 aliphatic rings. The van der Waals surface area contributed by atoms with Crippen LogP contribution in [0.1, 0.15) is 23.4 Å². The molecule has 4 rings (SSSR count). The molecule has 2 saturated heterocycles. The molecule has 1 amide bonds. The van der Waals surface area contributed by atoms with E-state index in [1.807, 2.05) is 21.8 Å². The predicted octanol–water partition coefficient (Wildman–Crippen LogP) is 1.26. The minimum atomic E-state index is -0.0652. The number of ether oxygens (including phenoxy) is 1. The van der Waals surface area contributed by atoms with Gasteiger partial charge in [-0.15, -0.1) is 0 Å². The molecule has 25 heavy (non-hydrogen) atoms. The van der Waals surface area contributed by atoms with Gasteiger partial charge in [-0.3, -0.25) is 9.48 Å². The average Bonchev–Trinajstić information content (AvgIpc) is 3.34. The molecular weight excluding hydrogens is 322 g/mol. The highest BCUT2D eigenvalue weighted by Crippen LogP contribution is 2.22. The van der Waals surface area contributed by atoms with Gasteiger partial charge in [0, 0.05) is 51.2 Å². The van der Waals surface area contributed by atoms with Crippen molar-refractivity contribution in [3.05, 3.63) is 30.3 Å². The summed E-state index contributed by atoms with van der Waals surface area (Å²) in [6.45, 7) is 5.33. The first-order valence-electron chi connectivity index (χ1n) is 8.86. The lowest BCUT2D eigenvalue weighted by atomic mass is 9.96. The summed E-state index contributed by atoms with van der Waals surface area (Å²) in [6.07, 6.45) is 5.75. The minimum absolute atomic E-state index is 0.0652. The molecule has 0 aliphatic carbocycles. The molecule has 134 valence electrons. The second-order valence-corrected chi connectivity index (χ2v) is 6.61. The van der Waals surface area contributed by atoms with Gasteiger partial charge in [-0.25, -0.2) is 0 Å². The third kappa shape index (κ3) is 3.68. The molecule has 0 atom stereocenters. The summed E-state index contributed by atoms with van der Waals surface area (Å²) in [5.41, 5.74) is 0. The summed E-state index contributed by atoms with van der Waals surface area (Å²) in [5.74, 6) is 1.54. The quantitative estimate of drug-likeness (QED) is 0.830. The van der Waals surface area contributed by atoms with E-state index >= 15 is 0 Å². The molecule has 0 radical (unpaired) electrons. The Bertz CT molecular complexity index is 685. The molecule has 8 nitrogen and oxygen atoms in total. The molecule has 0 N–H and O–H groups in total. The Kier molecular flexibility index (Phi) is 4.69. The van der Waals surface area contributed by atoms with Crippen molar-refractivity contribution < 1.29 is 14.1 Å². The third-order valence-corrected chi connectivity index (χ3v) is 4.95. The van der Waals surface area contributed by atoms with Gasteiger partial charge in [-0.05, 0) is 24.8 Å². The van der Waals surface area contributed by atoms with E-state index in [-0.39, 0.29) is 5.91 Å². The number of rotatable bonds is 4. The van der Waals surface area contributed by atoms with Crippen molar-refractivity contribution in [1.29, 1.82) is 0 Å². The molecular formula is C17H23N5O3. The molecule has 4 heterocycles.